The highest BCUT2D eigenvalue weighted by Gasteiger charge is 2.50. The van der Waals surface area contributed by atoms with Crippen LogP contribution in [0.25, 0.3) is 0 Å². The van der Waals surface area contributed by atoms with Crippen molar-refractivity contribution in [1.29, 1.82) is 0 Å². The van der Waals surface area contributed by atoms with Gasteiger partial charge in [0.1, 0.15) is 0 Å². The lowest BCUT2D eigenvalue weighted by Crippen LogP contribution is -2.51. The van der Waals surface area contributed by atoms with Crippen molar-refractivity contribution in [3.63, 3.8) is 0 Å². The molecule has 2 saturated heterocycles. The third-order valence-electron chi connectivity index (χ3n) is 5.83. The van der Waals surface area contributed by atoms with Crippen LogP contribution in [-0.4, -0.2) is 64.5 Å². The van der Waals surface area contributed by atoms with Crippen LogP contribution in [0.2, 0.25) is 16.6 Å². The number of hydrogen-bond donors (Lipinski definition) is 0. The summed E-state index contributed by atoms with van der Waals surface area (Å²) in [7, 11) is -0.519. The van der Waals surface area contributed by atoms with Gasteiger partial charge in [-0.2, -0.15) is 0 Å². The van der Waals surface area contributed by atoms with Crippen molar-refractivity contribution in [2.45, 2.75) is 82.7 Å². The van der Waals surface area contributed by atoms with E-state index in [-0.39, 0.29) is 17.1 Å². The van der Waals surface area contributed by atoms with E-state index in [2.05, 4.69) is 58.3 Å². The topological polar surface area (TPSA) is 74.6 Å². The number of likely N-dealkylation sites (N-methyl/N-ethyl adjacent to an activating group) is 1. The quantitative estimate of drug-likeness (QED) is 0.279. The Morgan fingerprint density at radius 1 is 1.03 bits per heavy atom. The van der Waals surface area contributed by atoms with Crippen LogP contribution >= 0.6 is 23.5 Å². The Hall–Kier alpha value is -1.10. The minimum absolute atomic E-state index is 0.00162. The summed E-state index contributed by atoms with van der Waals surface area (Å²) in [5, 5.41) is 9.49. The molecule has 2 amide bonds. The fraction of sp³-hybridized carbons (Fsp3) is 0.714. The van der Waals surface area contributed by atoms with E-state index in [9.17, 15) is 9.59 Å². The number of hydrogen-bond acceptors (Lipinski definition) is 7. The maximum atomic E-state index is 13.0. The molecule has 2 rings (SSSR count). The molecule has 0 radical (unpaired) electrons. The summed E-state index contributed by atoms with van der Waals surface area (Å²) in [5.74, 6) is -0.108. The summed E-state index contributed by atoms with van der Waals surface area (Å²) in [4.78, 5) is 28.5. The second kappa shape index (κ2) is 10.2. The van der Waals surface area contributed by atoms with Crippen molar-refractivity contribution < 1.29 is 14.0 Å². The average molecular weight is 485 g/mol. The van der Waals surface area contributed by atoms with E-state index >= 15 is 0 Å². The van der Waals surface area contributed by atoms with Gasteiger partial charge in [0.05, 0.1) is 5.25 Å². The monoisotopic (exact) mass is 484 g/mol. The second-order valence-corrected chi connectivity index (χ2v) is 16.9. The molecular weight excluding hydrogens is 448 g/mol. The molecule has 0 aromatic carbocycles. The van der Waals surface area contributed by atoms with Gasteiger partial charge in [0.25, 0.3) is 5.91 Å². The van der Waals surface area contributed by atoms with Gasteiger partial charge >= 0.3 is 0 Å². The van der Waals surface area contributed by atoms with Crippen molar-refractivity contribution in [1.82, 2.24) is 9.80 Å². The highest BCUT2D eigenvalue weighted by Crippen LogP contribution is 2.45. The molecule has 7 nitrogen and oxygen atoms in total. The van der Waals surface area contributed by atoms with Gasteiger partial charge in [-0.3, -0.25) is 19.4 Å². The summed E-state index contributed by atoms with van der Waals surface area (Å²) < 4.78 is 6.68. The zero-order chi connectivity index (χ0) is 23.7. The highest BCUT2D eigenvalue weighted by molar-refractivity contribution is 8.16. The van der Waals surface area contributed by atoms with Crippen LogP contribution in [0.15, 0.2) is 22.4 Å². The lowest BCUT2D eigenvalue weighted by Gasteiger charge is -2.43. The van der Waals surface area contributed by atoms with E-state index in [1.165, 1.54) is 28.4 Å². The minimum Gasteiger partial charge on any atom is -0.396 e. The SMILES string of the molecule is C=C(C)CN1C(=O)C(C)S/C1=N/N=C1/SC(O[Si](C(C)C)(C(C)C)C(C)C)C(=O)N1C. The van der Waals surface area contributed by atoms with E-state index in [4.69, 9.17) is 4.43 Å². The number of rotatable bonds is 8. The number of thioether (sulfide) groups is 2. The van der Waals surface area contributed by atoms with Gasteiger partial charge in [0.2, 0.25) is 14.2 Å². The number of nitrogens with zero attached hydrogens (tertiary/aromatic N) is 4. The van der Waals surface area contributed by atoms with Gasteiger partial charge < -0.3 is 4.43 Å². The minimum atomic E-state index is -2.22. The fourth-order valence-electron chi connectivity index (χ4n) is 4.40. The summed E-state index contributed by atoms with van der Waals surface area (Å²) >= 11 is 2.68. The molecule has 0 bridgehead atoms. The first-order valence-electron chi connectivity index (χ1n) is 10.7. The Morgan fingerprint density at radius 2 is 1.55 bits per heavy atom. The van der Waals surface area contributed by atoms with E-state index in [0.717, 1.165) is 5.57 Å². The molecule has 2 fully saturated rings. The van der Waals surface area contributed by atoms with Crippen LogP contribution < -0.4 is 0 Å². The summed E-state index contributed by atoms with van der Waals surface area (Å²) in [6.45, 7) is 21.2. The van der Waals surface area contributed by atoms with E-state index in [1.54, 1.807) is 11.9 Å². The normalized spacial score (nSPS) is 25.4. The Balaban J connectivity index is 2.28. The molecule has 2 unspecified atom stereocenters. The molecule has 0 aromatic heterocycles. The van der Waals surface area contributed by atoms with Gasteiger partial charge in [-0.1, -0.05) is 65.5 Å². The van der Waals surface area contributed by atoms with E-state index in [1.807, 2.05) is 13.8 Å². The van der Waals surface area contributed by atoms with Crippen LogP contribution in [-0.2, 0) is 14.0 Å². The van der Waals surface area contributed by atoms with E-state index in [0.29, 0.717) is 33.5 Å². The Morgan fingerprint density at radius 3 is 2.03 bits per heavy atom. The largest absolute Gasteiger partial charge is 0.396 e. The van der Waals surface area contributed by atoms with Crippen LogP contribution in [0.5, 0.6) is 0 Å². The molecule has 0 spiro atoms. The molecule has 0 aromatic rings. The second-order valence-electron chi connectivity index (χ2n) is 9.19. The van der Waals surface area contributed by atoms with Crippen LogP contribution in [0.4, 0.5) is 0 Å². The first-order valence-corrected chi connectivity index (χ1v) is 14.6. The van der Waals surface area contributed by atoms with Gasteiger partial charge in [-0.25, -0.2) is 0 Å². The lowest BCUT2D eigenvalue weighted by atomic mass is 10.3. The van der Waals surface area contributed by atoms with E-state index < -0.39 is 13.8 Å². The first-order chi connectivity index (χ1) is 14.3. The summed E-state index contributed by atoms with van der Waals surface area (Å²) in [5.41, 5.74) is 1.41. The number of carbonyl (C=O) groups excluding carboxylic acids is 2. The third-order valence-corrected chi connectivity index (χ3v) is 14.2. The number of amides is 2. The maximum Gasteiger partial charge on any atom is 0.267 e. The Bertz CT molecular complexity index is 776. The van der Waals surface area contributed by atoms with Crippen molar-refractivity contribution >= 4 is 54.0 Å². The standard InChI is InChI=1S/C21H36N4O3S2Si/c1-12(2)11-25-17(26)16(9)29-21(25)23-22-20-24(10)18(27)19(30-20)28-31(13(3)4,14(5)6)15(7)8/h13-16,19H,1,11H2,2-10H3/b22-20+,23-21+. The van der Waals surface area contributed by atoms with Crippen molar-refractivity contribution in [3.8, 4) is 0 Å². The highest BCUT2D eigenvalue weighted by atomic mass is 32.2. The lowest BCUT2D eigenvalue weighted by molar-refractivity contribution is -0.129. The van der Waals surface area contributed by atoms with Crippen LogP contribution in [0, 0.1) is 0 Å². The molecule has 2 atom stereocenters. The van der Waals surface area contributed by atoms with Crippen LogP contribution in [0.1, 0.15) is 55.4 Å². The average Bonchev–Trinajstić information content (AvgIpc) is 3.07. The maximum absolute atomic E-state index is 13.0. The van der Waals surface area contributed by atoms with Crippen molar-refractivity contribution in [3.05, 3.63) is 12.2 Å². The first kappa shape index (κ1) is 26.2. The zero-order valence-corrected chi connectivity index (χ0v) is 22.8. The summed E-state index contributed by atoms with van der Waals surface area (Å²) in [6, 6.07) is 0. The molecule has 2 aliphatic heterocycles. The number of amidine groups is 2. The number of carbonyl (C=O) groups is 2. The Labute approximate surface area is 196 Å². The van der Waals surface area contributed by atoms with Crippen molar-refractivity contribution in [2.75, 3.05) is 13.6 Å². The van der Waals surface area contributed by atoms with Gasteiger partial charge in [0, 0.05) is 13.6 Å². The molecule has 2 heterocycles. The third kappa shape index (κ3) is 5.28. The predicted octanol–water partition coefficient (Wildman–Crippen LogP) is 4.88. The molecule has 0 N–H and O–H groups in total. The predicted molar refractivity (Wildman–Crippen MR) is 135 cm³/mol. The zero-order valence-electron chi connectivity index (χ0n) is 20.1. The van der Waals surface area contributed by atoms with Gasteiger partial charge in [-0.15, -0.1) is 10.2 Å². The molecular formula is C21H36N4O3S2Si. The molecule has 0 saturated carbocycles. The molecule has 174 valence electrons. The molecule has 10 heteroatoms. The van der Waals surface area contributed by atoms with Gasteiger partial charge in [0.15, 0.2) is 15.8 Å². The van der Waals surface area contributed by atoms with Crippen molar-refractivity contribution in [2.24, 2.45) is 10.2 Å². The molecule has 31 heavy (non-hydrogen) atoms. The fourth-order valence-corrected chi connectivity index (χ4v) is 12.1. The smallest absolute Gasteiger partial charge is 0.267 e. The van der Waals surface area contributed by atoms with Gasteiger partial charge in [-0.05, 0) is 42.2 Å². The molecule has 0 aliphatic carbocycles. The summed E-state index contributed by atoms with van der Waals surface area (Å²) in [6.07, 6.45) is 0. The molecule has 2 aliphatic rings. The van der Waals surface area contributed by atoms with Crippen LogP contribution in [0.3, 0.4) is 0 Å². The Kier molecular flexibility index (Phi) is 8.63.